The molecule has 0 saturated heterocycles. The molecular weight excluding hydrogens is 291 g/mol. The minimum Gasteiger partial charge on any atom is -0.349 e. The Kier molecular flexibility index (Phi) is 4.58. The predicted molar refractivity (Wildman–Crippen MR) is 70.8 cm³/mol. The summed E-state index contributed by atoms with van der Waals surface area (Å²) in [5.74, 6) is -0.741. The maximum atomic E-state index is 12.9. The summed E-state index contributed by atoms with van der Waals surface area (Å²) in [4.78, 5) is 12.1. The average molecular weight is 306 g/mol. The molecule has 0 unspecified atom stereocenters. The minimum atomic E-state index is -4.59. The summed E-state index contributed by atoms with van der Waals surface area (Å²) < 4.78 is 38.8. The molecular formula is C14H15ClF3NO. The lowest BCUT2D eigenvalue weighted by atomic mass is 9.95. The molecule has 0 aromatic heterocycles. The summed E-state index contributed by atoms with van der Waals surface area (Å²) in [6.07, 6.45) is 0.0880. The molecule has 6 heteroatoms. The molecule has 1 aliphatic carbocycles. The first-order valence-corrected chi connectivity index (χ1v) is 6.94. The Bertz CT molecular complexity index is 496. The molecule has 0 heterocycles. The molecule has 2 nitrogen and oxygen atoms in total. The van der Waals surface area contributed by atoms with Crippen molar-refractivity contribution in [1.82, 2.24) is 5.32 Å². The fourth-order valence-electron chi connectivity index (χ4n) is 2.50. The first-order chi connectivity index (χ1) is 9.39. The van der Waals surface area contributed by atoms with Gasteiger partial charge in [-0.15, -0.1) is 0 Å². The summed E-state index contributed by atoms with van der Waals surface area (Å²) in [6.45, 7) is 0. The molecule has 0 spiro atoms. The largest absolute Gasteiger partial charge is 0.417 e. The first kappa shape index (κ1) is 15.2. The highest BCUT2D eigenvalue weighted by atomic mass is 35.5. The molecule has 110 valence electrons. The molecule has 0 aliphatic heterocycles. The van der Waals surface area contributed by atoms with E-state index in [9.17, 15) is 18.0 Å². The topological polar surface area (TPSA) is 29.1 Å². The van der Waals surface area contributed by atoms with Crippen LogP contribution in [0.1, 0.15) is 48.0 Å². The van der Waals surface area contributed by atoms with E-state index < -0.39 is 23.2 Å². The summed E-state index contributed by atoms with van der Waals surface area (Å²) in [6, 6.07) is 3.31. The van der Waals surface area contributed by atoms with Gasteiger partial charge in [-0.3, -0.25) is 4.79 Å². The number of carbonyl (C=O) groups is 1. The maximum absolute atomic E-state index is 12.9. The molecule has 1 amide bonds. The Balaban J connectivity index is 2.24. The quantitative estimate of drug-likeness (QED) is 0.861. The molecule has 1 aliphatic rings. The summed E-state index contributed by atoms with van der Waals surface area (Å²) in [7, 11) is 0. The molecule has 20 heavy (non-hydrogen) atoms. The van der Waals surface area contributed by atoms with E-state index >= 15 is 0 Å². The second-order valence-electron chi connectivity index (χ2n) is 4.97. The molecule has 2 rings (SSSR count). The molecule has 1 aromatic carbocycles. The van der Waals surface area contributed by atoms with Gasteiger partial charge in [0.05, 0.1) is 16.1 Å². The number of hydrogen-bond donors (Lipinski definition) is 1. The first-order valence-electron chi connectivity index (χ1n) is 6.56. The van der Waals surface area contributed by atoms with E-state index in [0.29, 0.717) is 0 Å². The van der Waals surface area contributed by atoms with E-state index in [-0.39, 0.29) is 11.1 Å². The number of carbonyl (C=O) groups excluding carboxylic acids is 1. The van der Waals surface area contributed by atoms with Crippen molar-refractivity contribution in [3.63, 3.8) is 0 Å². The van der Waals surface area contributed by atoms with Crippen molar-refractivity contribution in [1.29, 1.82) is 0 Å². The third kappa shape index (κ3) is 3.45. The summed E-state index contributed by atoms with van der Waals surface area (Å²) in [5, 5.41) is 2.49. The van der Waals surface area contributed by atoms with E-state index in [1.165, 1.54) is 12.1 Å². The third-order valence-corrected chi connectivity index (χ3v) is 3.80. The van der Waals surface area contributed by atoms with Gasteiger partial charge in [-0.05, 0) is 25.0 Å². The molecule has 0 radical (unpaired) electrons. The normalized spacial score (nSPS) is 17.0. The van der Waals surface area contributed by atoms with E-state index in [0.717, 1.165) is 38.2 Å². The van der Waals surface area contributed by atoms with E-state index in [4.69, 9.17) is 11.6 Å². The third-order valence-electron chi connectivity index (χ3n) is 3.49. The molecule has 1 aromatic rings. The predicted octanol–water partition coefficient (Wildman–Crippen LogP) is 4.42. The Morgan fingerprint density at radius 2 is 1.85 bits per heavy atom. The lowest BCUT2D eigenvalue weighted by molar-refractivity contribution is -0.137. The number of hydrogen-bond acceptors (Lipinski definition) is 1. The van der Waals surface area contributed by atoms with Crippen molar-refractivity contribution in [3.8, 4) is 0 Å². The van der Waals surface area contributed by atoms with Crippen LogP contribution in [0.3, 0.4) is 0 Å². The average Bonchev–Trinajstić information content (AvgIpc) is 2.38. The van der Waals surface area contributed by atoms with Gasteiger partial charge in [0, 0.05) is 6.04 Å². The zero-order valence-electron chi connectivity index (χ0n) is 10.8. The van der Waals surface area contributed by atoms with Crippen molar-refractivity contribution in [2.75, 3.05) is 0 Å². The van der Waals surface area contributed by atoms with E-state index in [1.807, 2.05) is 0 Å². The van der Waals surface area contributed by atoms with E-state index in [2.05, 4.69) is 5.32 Å². The Labute approximate surface area is 120 Å². The van der Waals surface area contributed by atoms with Gasteiger partial charge in [0.15, 0.2) is 0 Å². The number of alkyl halides is 3. The molecule has 1 fully saturated rings. The van der Waals surface area contributed by atoms with Gasteiger partial charge in [0.2, 0.25) is 0 Å². The van der Waals surface area contributed by atoms with Crippen LogP contribution in [0.4, 0.5) is 13.2 Å². The molecule has 0 bridgehead atoms. The fourth-order valence-corrected chi connectivity index (χ4v) is 2.76. The highest BCUT2D eigenvalue weighted by molar-refractivity contribution is 6.34. The van der Waals surface area contributed by atoms with Gasteiger partial charge in [-0.2, -0.15) is 13.2 Å². The van der Waals surface area contributed by atoms with Crippen LogP contribution in [0, 0.1) is 0 Å². The van der Waals surface area contributed by atoms with Crippen LogP contribution >= 0.6 is 11.6 Å². The van der Waals surface area contributed by atoms with Gasteiger partial charge < -0.3 is 5.32 Å². The minimum absolute atomic E-state index is 0.0615. The van der Waals surface area contributed by atoms with Crippen LogP contribution in [0.25, 0.3) is 0 Å². The van der Waals surface area contributed by atoms with Crippen LogP contribution < -0.4 is 5.32 Å². The van der Waals surface area contributed by atoms with Crippen molar-refractivity contribution in [3.05, 3.63) is 34.3 Å². The standard InChI is InChI=1S/C14H15ClF3NO/c15-11-8-4-7-10(14(16,17)18)12(11)13(20)19-9-5-2-1-3-6-9/h4,7-9H,1-3,5-6H2,(H,19,20). The zero-order valence-corrected chi connectivity index (χ0v) is 11.5. The van der Waals surface area contributed by atoms with Crippen LogP contribution in [-0.4, -0.2) is 11.9 Å². The van der Waals surface area contributed by atoms with Crippen LogP contribution in [0.15, 0.2) is 18.2 Å². The SMILES string of the molecule is O=C(NC1CCCCC1)c1c(Cl)cccc1C(F)(F)F. The Morgan fingerprint density at radius 1 is 1.20 bits per heavy atom. The Hall–Kier alpha value is -1.23. The zero-order chi connectivity index (χ0) is 14.8. The van der Waals surface area contributed by atoms with Crippen molar-refractivity contribution >= 4 is 17.5 Å². The van der Waals surface area contributed by atoms with Crippen LogP contribution in [-0.2, 0) is 6.18 Å². The van der Waals surface area contributed by atoms with Gasteiger partial charge in [0.1, 0.15) is 0 Å². The summed E-state index contributed by atoms with van der Waals surface area (Å²) >= 11 is 5.79. The smallest absolute Gasteiger partial charge is 0.349 e. The van der Waals surface area contributed by atoms with Crippen LogP contribution in [0.2, 0.25) is 5.02 Å². The Morgan fingerprint density at radius 3 is 2.45 bits per heavy atom. The highest BCUT2D eigenvalue weighted by Crippen LogP contribution is 2.35. The lowest BCUT2D eigenvalue weighted by Crippen LogP contribution is -2.37. The molecule has 1 N–H and O–H groups in total. The molecule has 0 atom stereocenters. The maximum Gasteiger partial charge on any atom is 0.417 e. The number of rotatable bonds is 2. The fraction of sp³-hybridized carbons (Fsp3) is 0.500. The lowest BCUT2D eigenvalue weighted by Gasteiger charge is -2.23. The van der Waals surface area contributed by atoms with Crippen molar-refractivity contribution in [2.24, 2.45) is 0 Å². The number of benzene rings is 1. The van der Waals surface area contributed by atoms with Crippen molar-refractivity contribution < 1.29 is 18.0 Å². The second kappa shape index (κ2) is 6.04. The van der Waals surface area contributed by atoms with Gasteiger partial charge in [0.25, 0.3) is 5.91 Å². The number of nitrogens with one attached hydrogen (secondary N) is 1. The number of amides is 1. The van der Waals surface area contributed by atoms with E-state index in [1.54, 1.807) is 0 Å². The number of halogens is 4. The van der Waals surface area contributed by atoms with Gasteiger partial charge in [-0.25, -0.2) is 0 Å². The second-order valence-corrected chi connectivity index (χ2v) is 5.38. The molecule has 1 saturated carbocycles. The monoisotopic (exact) mass is 305 g/mol. The van der Waals surface area contributed by atoms with Crippen molar-refractivity contribution in [2.45, 2.75) is 44.3 Å². The van der Waals surface area contributed by atoms with Crippen LogP contribution in [0.5, 0.6) is 0 Å². The van der Waals surface area contributed by atoms with Gasteiger partial charge in [-0.1, -0.05) is 36.9 Å². The van der Waals surface area contributed by atoms with Gasteiger partial charge >= 0.3 is 6.18 Å². The highest BCUT2D eigenvalue weighted by Gasteiger charge is 2.36. The summed E-state index contributed by atoms with van der Waals surface area (Å²) in [5.41, 5.74) is -1.47.